The number of nitrogens with zero attached hydrogens (tertiary/aromatic N) is 3. The Morgan fingerprint density at radius 2 is 1.25 bits per heavy atom. The second kappa shape index (κ2) is 7.73. The lowest BCUT2D eigenvalue weighted by Gasteiger charge is -2.53. The van der Waals surface area contributed by atoms with Crippen molar-refractivity contribution in [3.8, 4) is 0 Å². The second-order valence-corrected chi connectivity index (χ2v) is 6.22. The van der Waals surface area contributed by atoms with Crippen LogP contribution in [0.4, 0.5) is 0 Å². The smallest absolute Gasteiger partial charge is 0.264 e. The van der Waals surface area contributed by atoms with E-state index in [1.807, 2.05) is 12.1 Å². The number of hydrogen-bond acceptors (Lipinski definition) is 4. The second-order valence-electron chi connectivity index (χ2n) is 5.81. The minimum Gasteiger partial charge on any atom is -0.268 e. The minimum atomic E-state index is -0.759. The van der Waals surface area contributed by atoms with Crippen LogP contribution < -0.4 is 0 Å². The summed E-state index contributed by atoms with van der Waals surface area (Å²) in [7, 11) is 2.75. The first-order valence-electron chi connectivity index (χ1n) is 8.71. The summed E-state index contributed by atoms with van der Waals surface area (Å²) in [6.45, 7) is 11.3. The number of hydrogen-bond donors (Lipinski definition) is 0. The summed E-state index contributed by atoms with van der Waals surface area (Å²) in [6.07, 6.45) is 0.585. The molecule has 1 aliphatic rings. The van der Waals surface area contributed by atoms with Crippen LogP contribution in [0, 0.1) is 0 Å². The molecule has 0 bridgehead atoms. The van der Waals surface area contributed by atoms with Crippen molar-refractivity contribution in [1.29, 1.82) is 0 Å². The largest absolute Gasteiger partial charge is 0.268 e. The third-order valence-electron chi connectivity index (χ3n) is 4.97. The van der Waals surface area contributed by atoms with Crippen LogP contribution in [0.1, 0.15) is 48.4 Å². The van der Waals surface area contributed by atoms with Crippen molar-refractivity contribution >= 4 is 21.1 Å². The Morgan fingerprint density at radius 3 is 1.54 bits per heavy atom. The number of benzene rings is 1. The van der Waals surface area contributed by atoms with Crippen molar-refractivity contribution in [3.63, 3.8) is 0 Å². The fourth-order valence-corrected chi connectivity index (χ4v) is 4.51. The Balaban J connectivity index is 2.64. The molecule has 1 atom stereocenters. The molecular weight excluding hydrogens is 321 g/mol. The van der Waals surface area contributed by atoms with Gasteiger partial charge in [-0.2, -0.15) is 0 Å². The zero-order valence-electron chi connectivity index (χ0n) is 15.1. The number of carbonyl (C=O) groups excluding carboxylic acids is 2. The molecule has 1 aliphatic heterocycles. The van der Waals surface area contributed by atoms with Crippen molar-refractivity contribution in [2.24, 2.45) is 0 Å². The highest BCUT2D eigenvalue weighted by molar-refractivity contribution is 7.16. The minimum absolute atomic E-state index is 0.197. The molecule has 2 rings (SSSR count). The lowest BCUT2D eigenvalue weighted by molar-refractivity contribution is -0.112. The fourth-order valence-electron chi connectivity index (χ4n) is 3.81. The van der Waals surface area contributed by atoms with Crippen LogP contribution in [-0.2, 0) is 0 Å². The van der Waals surface area contributed by atoms with E-state index in [1.54, 1.807) is 12.1 Å². The predicted molar refractivity (Wildman–Crippen MR) is 100 cm³/mol. The Labute approximate surface area is 147 Å². The van der Waals surface area contributed by atoms with Gasteiger partial charge in [-0.3, -0.25) is 19.4 Å². The molecule has 0 saturated heterocycles. The maximum absolute atomic E-state index is 13.1. The monoisotopic (exact) mass is 349 g/mol. The molecule has 132 valence electrons. The molecule has 0 radical (unpaired) electrons. The highest BCUT2D eigenvalue weighted by Crippen LogP contribution is 2.35. The number of fused-ring (bicyclic) bond motifs is 1. The SMILES string of the molecule is CCN(CC)C(CP)(N(CC)CC)N1C(=O)c2ccccc2C1=O. The predicted octanol–water partition coefficient (Wildman–Crippen LogP) is 2.50. The highest BCUT2D eigenvalue weighted by atomic mass is 31.0. The van der Waals surface area contributed by atoms with Crippen LogP contribution >= 0.6 is 9.24 Å². The van der Waals surface area contributed by atoms with Crippen LogP contribution in [0.5, 0.6) is 0 Å². The first kappa shape index (κ1) is 19.0. The summed E-state index contributed by atoms with van der Waals surface area (Å²) >= 11 is 0. The van der Waals surface area contributed by atoms with E-state index in [9.17, 15) is 9.59 Å². The molecule has 1 unspecified atom stereocenters. The van der Waals surface area contributed by atoms with Crippen LogP contribution in [0.25, 0.3) is 0 Å². The van der Waals surface area contributed by atoms with E-state index in [2.05, 4.69) is 46.7 Å². The molecule has 1 aromatic rings. The van der Waals surface area contributed by atoms with Crippen molar-refractivity contribution in [2.45, 2.75) is 33.5 Å². The fraction of sp³-hybridized carbons (Fsp3) is 0.556. The number of amides is 2. The average molecular weight is 349 g/mol. The summed E-state index contributed by atoms with van der Waals surface area (Å²) in [5, 5.41) is 0. The average Bonchev–Trinajstić information content (AvgIpc) is 2.87. The van der Waals surface area contributed by atoms with E-state index >= 15 is 0 Å². The van der Waals surface area contributed by atoms with Gasteiger partial charge in [0, 0.05) is 6.16 Å². The Morgan fingerprint density at radius 1 is 0.875 bits per heavy atom. The van der Waals surface area contributed by atoms with Crippen LogP contribution in [0.2, 0.25) is 0 Å². The lowest BCUT2D eigenvalue weighted by atomic mass is 10.1. The molecular formula is C18H28N3O2P. The van der Waals surface area contributed by atoms with E-state index < -0.39 is 5.79 Å². The molecule has 0 saturated carbocycles. The van der Waals surface area contributed by atoms with Gasteiger partial charge >= 0.3 is 0 Å². The molecule has 1 heterocycles. The molecule has 24 heavy (non-hydrogen) atoms. The quantitative estimate of drug-likeness (QED) is 0.411. The van der Waals surface area contributed by atoms with Crippen molar-refractivity contribution < 1.29 is 9.59 Å². The third kappa shape index (κ3) is 2.69. The summed E-state index contributed by atoms with van der Waals surface area (Å²) in [6, 6.07) is 7.11. The van der Waals surface area contributed by atoms with Gasteiger partial charge in [-0.15, -0.1) is 9.24 Å². The molecule has 0 N–H and O–H groups in total. The number of rotatable bonds is 8. The van der Waals surface area contributed by atoms with Gasteiger partial charge in [0.25, 0.3) is 11.8 Å². The molecule has 0 aliphatic carbocycles. The number of imide groups is 1. The van der Waals surface area contributed by atoms with Crippen LogP contribution in [0.3, 0.4) is 0 Å². The zero-order chi connectivity index (χ0) is 17.9. The van der Waals surface area contributed by atoms with Gasteiger partial charge in [0.15, 0.2) is 5.79 Å². The zero-order valence-corrected chi connectivity index (χ0v) is 16.2. The molecule has 2 amide bonds. The van der Waals surface area contributed by atoms with E-state index in [-0.39, 0.29) is 11.8 Å². The molecule has 0 aromatic heterocycles. The maximum Gasteiger partial charge on any atom is 0.264 e. The standard InChI is InChI=1S/C18H28N3O2P/c1-5-19(6-2)18(13-24,20(7-3)8-4)21-16(22)14-11-9-10-12-15(14)17(21)23/h9-12H,5-8,13,24H2,1-4H3. The van der Waals surface area contributed by atoms with Gasteiger partial charge in [-0.1, -0.05) is 39.8 Å². The Hall–Kier alpha value is -1.29. The Bertz CT molecular complexity index is 565. The molecule has 0 fully saturated rings. The van der Waals surface area contributed by atoms with Gasteiger partial charge in [0.2, 0.25) is 0 Å². The molecule has 6 heteroatoms. The van der Waals surface area contributed by atoms with Gasteiger partial charge in [0.1, 0.15) is 0 Å². The Kier molecular flexibility index (Phi) is 6.13. The normalized spacial score (nSPS) is 14.9. The third-order valence-corrected chi connectivity index (χ3v) is 5.51. The molecule has 0 spiro atoms. The molecule has 1 aromatic carbocycles. The van der Waals surface area contributed by atoms with Crippen molar-refractivity contribution in [2.75, 3.05) is 32.3 Å². The summed E-state index contributed by atoms with van der Waals surface area (Å²) in [4.78, 5) is 32.1. The summed E-state index contributed by atoms with van der Waals surface area (Å²) in [5.74, 6) is -1.15. The van der Waals surface area contributed by atoms with Gasteiger partial charge in [-0.05, 0) is 38.3 Å². The van der Waals surface area contributed by atoms with E-state index in [0.717, 1.165) is 26.2 Å². The van der Waals surface area contributed by atoms with Gasteiger partial charge in [-0.25, -0.2) is 4.90 Å². The first-order chi connectivity index (χ1) is 11.5. The maximum atomic E-state index is 13.1. The van der Waals surface area contributed by atoms with E-state index in [0.29, 0.717) is 17.3 Å². The van der Waals surface area contributed by atoms with E-state index in [4.69, 9.17) is 0 Å². The summed E-state index contributed by atoms with van der Waals surface area (Å²) in [5.41, 5.74) is 1.01. The van der Waals surface area contributed by atoms with Crippen molar-refractivity contribution in [1.82, 2.24) is 14.7 Å². The van der Waals surface area contributed by atoms with Gasteiger partial charge < -0.3 is 0 Å². The van der Waals surface area contributed by atoms with Gasteiger partial charge in [0.05, 0.1) is 11.1 Å². The van der Waals surface area contributed by atoms with Crippen LogP contribution in [-0.4, -0.2) is 64.6 Å². The lowest BCUT2D eigenvalue weighted by Crippen LogP contribution is -2.72. The summed E-state index contributed by atoms with van der Waals surface area (Å²) < 4.78 is 0. The highest BCUT2D eigenvalue weighted by Gasteiger charge is 2.53. The van der Waals surface area contributed by atoms with E-state index in [1.165, 1.54) is 4.90 Å². The number of carbonyl (C=O) groups is 2. The first-order valence-corrected chi connectivity index (χ1v) is 9.53. The van der Waals surface area contributed by atoms with Crippen molar-refractivity contribution in [3.05, 3.63) is 35.4 Å². The van der Waals surface area contributed by atoms with Crippen LogP contribution in [0.15, 0.2) is 24.3 Å². The topological polar surface area (TPSA) is 43.9 Å². The molecule has 5 nitrogen and oxygen atoms in total.